The summed E-state index contributed by atoms with van der Waals surface area (Å²) in [5.74, 6) is 0.818. The molecule has 28 heavy (non-hydrogen) atoms. The summed E-state index contributed by atoms with van der Waals surface area (Å²) < 4.78 is 2.20. The first kappa shape index (κ1) is 22.2. The Morgan fingerprint density at radius 1 is 1.11 bits per heavy atom. The number of benzene rings is 1. The van der Waals surface area contributed by atoms with Crippen molar-refractivity contribution < 1.29 is 10.0 Å². The third-order valence-corrected chi connectivity index (χ3v) is 5.28. The largest absolute Gasteiger partial charge is 0.371 e. The summed E-state index contributed by atoms with van der Waals surface area (Å²) in [5.41, 5.74) is 5.21. The average molecular weight is 389 g/mol. The molecular formula is C22H36N4O2. The molecule has 2 N–H and O–H groups in total. The Bertz CT molecular complexity index is 741. The van der Waals surface area contributed by atoms with E-state index in [0.29, 0.717) is 6.42 Å². The molecule has 0 radical (unpaired) electrons. The van der Waals surface area contributed by atoms with Crippen LogP contribution in [0.25, 0.3) is 11.0 Å². The molecule has 2 rings (SSSR count). The molecule has 0 saturated carbocycles. The highest BCUT2D eigenvalue weighted by Gasteiger charge is 2.11. The van der Waals surface area contributed by atoms with Gasteiger partial charge in [0.2, 0.25) is 5.91 Å². The Labute approximate surface area is 168 Å². The second-order valence-corrected chi connectivity index (χ2v) is 7.55. The maximum absolute atomic E-state index is 11.0. The molecule has 0 fully saturated rings. The Morgan fingerprint density at radius 3 is 2.61 bits per heavy atom. The highest BCUT2D eigenvalue weighted by Crippen LogP contribution is 2.24. The van der Waals surface area contributed by atoms with Gasteiger partial charge in [-0.05, 0) is 43.9 Å². The Balaban J connectivity index is 1.96. The number of hydrogen-bond donors (Lipinski definition) is 2. The first-order valence-electron chi connectivity index (χ1n) is 10.7. The smallest absolute Gasteiger partial charge is 0.243 e. The van der Waals surface area contributed by atoms with Crippen molar-refractivity contribution in [1.82, 2.24) is 15.0 Å². The molecule has 0 unspecified atom stereocenters. The molecule has 156 valence electrons. The summed E-state index contributed by atoms with van der Waals surface area (Å²) in [6.45, 7) is 6.65. The van der Waals surface area contributed by atoms with Crippen LogP contribution in [0.2, 0.25) is 0 Å². The summed E-state index contributed by atoms with van der Waals surface area (Å²) in [6, 6.07) is 6.66. The molecular weight excluding hydrogens is 352 g/mol. The highest BCUT2D eigenvalue weighted by atomic mass is 16.5. The lowest BCUT2D eigenvalue weighted by Crippen LogP contribution is -2.25. The maximum atomic E-state index is 11.0. The molecule has 0 spiro atoms. The first-order chi connectivity index (χ1) is 13.6. The van der Waals surface area contributed by atoms with Crippen molar-refractivity contribution in [2.45, 2.75) is 71.6 Å². The molecule has 6 heteroatoms. The van der Waals surface area contributed by atoms with Crippen molar-refractivity contribution in [2.75, 3.05) is 18.0 Å². The van der Waals surface area contributed by atoms with Crippen LogP contribution in [0.5, 0.6) is 0 Å². The van der Waals surface area contributed by atoms with Gasteiger partial charge in [-0.15, -0.1) is 0 Å². The minimum Gasteiger partial charge on any atom is -0.371 e. The number of rotatable bonds is 13. The van der Waals surface area contributed by atoms with Crippen LogP contribution in [0.1, 0.15) is 71.0 Å². The van der Waals surface area contributed by atoms with E-state index in [0.717, 1.165) is 63.0 Å². The SMILES string of the molecule is CCCCN(CCC)c1ccc2c(c1)nc(CCCCCCC(=O)NO)n2C. The van der Waals surface area contributed by atoms with Gasteiger partial charge >= 0.3 is 0 Å². The zero-order valence-electron chi connectivity index (χ0n) is 17.7. The lowest BCUT2D eigenvalue weighted by atomic mass is 10.1. The van der Waals surface area contributed by atoms with Gasteiger partial charge in [-0.2, -0.15) is 0 Å². The molecule has 1 aromatic heterocycles. The second-order valence-electron chi connectivity index (χ2n) is 7.55. The highest BCUT2D eigenvalue weighted by molar-refractivity contribution is 5.80. The van der Waals surface area contributed by atoms with E-state index >= 15 is 0 Å². The van der Waals surface area contributed by atoms with Crippen molar-refractivity contribution >= 4 is 22.6 Å². The van der Waals surface area contributed by atoms with Gasteiger partial charge in [-0.3, -0.25) is 10.0 Å². The number of amides is 1. The van der Waals surface area contributed by atoms with Gasteiger partial charge in [0.1, 0.15) is 5.82 Å². The third-order valence-electron chi connectivity index (χ3n) is 5.28. The number of hydroxylamine groups is 1. The number of nitrogens with zero attached hydrogens (tertiary/aromatic N) is 3. The summed E-state index contributed by atoms with van der Waals surface area (Å²) in [6.07, 6.45) is 8.83. The number of unbranched alkanes of at least 4 members (excludes halogenated alkanes) is 4. The molecule has 0 aliphatic heterocycles. The minimum absolute atomic E-state index is 0.304. The Morgan fingerprint density at radius 2 is 1.89 bits per heavy atom. The normalized spacial score (nSPS) is 11.1. The predicted octanol–water partition coefficient (Wildman–Crippen LogP) is 4.59. The van der Waals surface area contributed by atoms with Crippen LogP contribution < -0.4 is 10.4 Å². The second kappa shape index (κ2) is 11.7. The van der Waals surface area contributed by atoms with Crippen LogP contribution >= 0.6 is 0 Å². The van der Waals surface area contributed by atoms with Crippen LogP contribution in [0.3, 0.4) is 0 Å². The van der Waals surface area contributed by atoms with E-state index in [1.807, 2.05) is 0 Å². The Hall–Kier alpha value is -2.08. The van der Waals surface area contributed by atoms with Gasteiger partial charge in [0.15, 0.2) is 0 Å². The van der Waals surface area contributed by atoms with E-state index in [4.69, 9.17) is 10.2 Å². The van der Waals surface area contributed by atoms with Gasteiger partial charge in [-0.1, -0.05) is 33.1 Å². The summed E-state index contributed by atoms with van der Waals surface area (Å²) >= 11 is 0. The van der Waals surface area contributed by atoms with Gasteiger partial charge in [0, 0.05) is 38.7 Å². The van der Waals surface area contributed by atoms with Crippen molar-refractivity contribution in [2.24, 2.45) is 7.05 Å². The minimum atomic E-state index is -0.304. The van der Waals surface area contributed by atoms with Gasteiger partial charge < -0.3 is 9.47 Å². The standard InChI is InChI=1S/C22H36N4O2/c1-4-6-16-26(15-5-2)18-13-14-20-19(17-18)23-21(25(20)3)11-9-7-8-10-12-22(27)24-28/h13-14,17,28H,4-12,15-16H2,1-3H3,(H,24,27). The number of carbonyl (C=O) groups excluding carboxylic acids is 1. The fourth-order valence-corrected chi connectivity index (χ4v) is 3.63. The Kier molecular flexibility index (Phi) is 9.28. The number of nitrogens with one attached hydrogen (secondary N) is 1. The molecule has 1 heterocycles. The average Bonchev–Trinajstić information content (AvgIpc) is 3.02. The predicted molar refractivity (Wildman–Crippen MR) is 115 cm³/mol. The fraction of sp³-hybridized carbons (Fsp3) is 0.636. The van der Waals surface area contributed by atoms with Gasteiger partial charge in [0.05, 0.1) is 11.0 Å². The van der Waals surface area contributed by atoms with Crippen LogP contribution in [0.4, 0.5) is 5.69 Å². The zero-order chi connectivity index (χ0) is 20.4. The molecule has 2 aromatic rings. The molecule has 0 aliphatic rings. The number of anilines is 1. The van der Waals surface area contributed by atoms with E-state index in [1.165, 1.54) is 24.0 Å². The molecule has 0 saturated heterocycles. The molecule has 1 aromatic carbocycles. The molecule has 6 nitrogen and oxygen atoms in total. The quantitative estimate of drug-likeness (QED) is 0.299. The summed E-state index contributed by atoms with van der Waals surface area (Å²) in [4.78, 5) is 18.4. The maximum Gasteiger partial charge on any atom is 0.243 e. The zero-order valence-corrected chi connectivity index (χ0v) is 17.7. The number of carbonyl (C=O) groups is 1. The molecule has 1 amide bonds. The van der Waals surface area contributed by atoms with Crippen LogP contribution in [-0.4, -0.2) is 33.8 Å². The number of aromatic nitrogens is 2. The number of hydrogen-bond acceptors (Lipinski definition) is 4. The van der Waals surface area contributed by atoms with E-state index in [2.05, 4.69) is 48.6 Å². The van der Waals surface area contributed by atoms with Crippen molar-refractivity contribution in [1.29, 1.82) is 0 Å². The van der Waals surface area contributed by atoms with Gasteiger partial charge in [0.25, 0.3) is 0 Å². The lowest BCUT2D eigenvalue weighted by molar-refractivity contribution is -0.129. The van der Waals surface area contributed by atoms with Gasteiger partial charge in [-0.25, -0.2) is 10.5 Å². The van der Waals surface area contributed by atoms with Crippen molar-refractivity contribution in [3.8, 4) is 0 Å². The lowest BCUT2D eigenvalue weighted by Gasteiger charge is -2.24. The van der Waals surface area contributed by atoms with Crippen molar-refractivity contribution in [3.05, 3.63) is 24.0 Å². The monoisotopic (exact) mass is 388 g/mol. The van der Waals surface area contributed by atoms with E-state index in [1.54, 1.807) is 5.48 Å². The summed E-state index contributed by atoms with van der Waals surface area (Å²) in [7, 11) is 2.09. The van der Waals surface area contributed by atoms with Crippen LogP contribution in [-0.2, 0) is 18.3 Å². The number of fused-ring (bicyclic) bond motifs is 1. The van der Waals surface area contributed by atoms with E-state index in [9.17, 15) is 4.79 Å². The van der Waals surface area contributed by atoms with E-state index < -0.39 is 0 Å². The first-order valence-corrected chi connectivity index (χ1v) is 10.7. The van der Waals surface area contributed by atoms with Crippen molar-refractivity contribution in [3.63, 3.8) is 0 Å². The summed E-state index contributed by atoms with van der Waals surface area (Å²) in [5, 5.41) is 8.50. The van der Waals surface area contributed by atoms with Crippen LogP contribution in [0, 0.1) is 0 Å². The van der Waals surface area contributed by atoms with Crippen LogP contribution in [0.15, 0.2) is 18.2 Å². The fourth-order valence-electron chi connectivity index (χ4n) is 3.63. The van der Waals surface area contributed by atoms with E-state index in [-0.39, 0.29) is 5.91 Å². The molecule has 0 aliphatic carbocycles. The number of imidazole rings is 1. The molecule has 0 atom stereocenters. The molecule has 0 bridgehead atoms. The number of aryl methyl sites for hydroxylation is 2. The third kappa shape index (κ3) is 6.23. The topological polar surface area (TPSA) is 70.4 Å².